The van der Waals surface area contributed by atoms with Gasteiger partial charge in [0.25, 0.3) is 0 Å². The number of hydrogen-bond donors (Lipinski definition) is 0. The van der Waals surface area contributed by atoms with E-state index in [-0.39, 0.29) is 15.8 Å². The second kappa shape index (κ2) is 10.2. The van der Waals surface area contributed by atoms with Gasteiger partial charge in [-0.25, -0.2) is 0 Å². The highest BCUT2D eigenvalue weighted by molar-refractivity contribution is 7.83. The van der Waals surface area contributed by atoms with Crippen molar-refractivity contribution < 1.29 is 0 Å². The third kappa shape index (κ3) is 5.22. The molecular formula is C25H34P2. The summed E-state index contributed by atoms with van der Waals surface area (Å²) in [6, 6.07) is 22.9. The third-order valence-electron chi connectivity index (χ3n) is 6.53. The summed E-state index contributed by atoms with van der Waals surface area (Å²) in [6.45, 7) is 0. The standard InChI is InChI=1S/C25H34P2/c1-5-13-22(14-6-1)26(23-15-7-2-8-16-23)21-27(24-17-9-3-10-18-24)25-19-11-4-12-20-25/h1-2,5-8,13-16,24-25H,3-4,9-12,17-21H2. The molecule has 0 saturated heterocycles. The molecule has 144 valence electrons. The largest absolute Gasteiger partial charge is 0.0953 e. The number of rotatable bonds is 6. The Balaban J connectivity index is 1.62. The zero-order valence-electron chi connectivity index (χ0n) is 16.6. The fraction of sp³-hybridized carbons (Fsp3) is 0.520. The molecule has 4 rings (SSSR count). The van der Waals surface area contributed by atoms with Crippen LogP contribution in [-0.2, 0) is 0 Å². The van der Waals surface area contributed by atoms with E-state index in [0.29, 0.717) is 0 Å². The molecule has 2 aromatic carbocycles. The van der Waals surface area contributed by atoms with Gasteiger partial charge in [0.1, 0.15) is 0 Å². The molecule has 0 heterocycles. The van der Waals surface area contributed by atoms with Crippen LogP contribution in [0.3, 0.4) is 0 Å². The minimum absolute atomic E-state index is 0.145. The number of benzene rings is 2. The van der Waals surface area contributed by atoms with Crippen LogP contribution in [0.15, 0.2) is 60.7 Å². The maximum atomic E-state index is 2.40. The van der Waals surface area contributed by atoms with Crippen LogP contribution in [0.1, 0.15) is 64.2 Å². The van der Waals surface area contributed by atoms with Gasteiger partial charge in [0.05, 0.1) is 0 Å². The van der Waals surface area contributed by atoms with Gasteiger partial charge in [-0.3, -0.25) is 0 Å². The highest BCUT2D eigenvalue weighted by Gasteiger charge is 2.33. The summed E-state index contributed by atoms with van der Waals surface area (Å²) in [6.07, 6.45) is 15.0. The van der Waals surface area contributed by atoms with Crippen LogP contribution < -0.4 is 10.6 Å². The first kappa shape index (κ1) is 19.6. The Hall–Kier alpha value is -0.700. The summed E-state index contributed by atoms with van der Waals surface area (Å²) in [4.78, 5) is 0. The second-order valence-corrected chi connectivity index (χ2v) is 13.8. The normalized spacial score (nSPS) is 19.6. The average molecular weight is 396 g/mol. The molecule has 0 aliphatic heterocycles. The molecule has 0 bridgehead atoms. The smallest absolute Gasteiger partial charge is 0.00350 e. The summed E-state index contributed by atoms with van der Waals surface area (Å²) in [7, 11) is -0.0658. The van der Waals surface area contributed by atoms with Crippen molar-refractivity contribution in [3.05, 3.63) is 60.7 Å². The number of hydrogen-bond acceptors (Lipinski definition) is 0. The zero-order valence-corrected chi connectivity index (χ0v) is 18.4. The summed E-state index contributed by atoms with van der Waals surface area (Å²) >= 11 is 0. The lowest BCUT2D eigenvalue weighted by Gasteiger charge is -2.40. The third-order valence-corrected chi connectivity index (χ3v) is 13.7. The first-order chi connectivity index (χ1) is 13.4. The summed E-state index contributed by atoms with van der Waals surface area (Å²) in [5, 5.41) is 3.19. The lowest BCUT2D eigenvalue weighted by atomic mass is 9.99. The molecule has 2 fully saturated rings. The monoisotopic (exact) mass is 396 g/mol. The molecule has 2 aromatic rings. The van der Waals surface area contributed by atoms with Crippen LogP contribution in [0, 0.1) is 0 Å². The Morgan fingerprint density at radius 3 is 1.37 bits per heavy atom. The maximum Gasteiger partial charge on any atom is -0.00350 e. The molecule has 0 amide bonds. The Bertz CT molecular complexity index is 600. The molecule has 2 aliphatic rings. The minimum atomic E-state index is -0.211. The summed E-state index contributed by atoms with van der Waals surface area (Å²) in [5.41, 5.74) is 2.10. The topological polar surface area (TPSA) is 0 Å². The average Bonchev–Trinajstić information content (AvgIpc) is 2.77. The molecule has 0 spiro atoms. The molecule has 0 N–H and O–H groups in total. The van der Waals surface area contributed by atoms with E-state index in [4.69, 9.17) is 0 Å². The fourth-order valence-corrected chi connectivity index (χ4v) is 13.5. The van der Waals surface area contributed by atoms with Crippen molar-refractivity contribution in [1.82, 2.24) is 0 Å². The van der Waals surface area contributed by atoms with Crippen LogP contribution in [-0.4, -0.2) is 17.2 Å². The van der Waals surface area contributed by atoms with Crippen LogP contribution in [0.25, 0.3) is 0 Å². The van der Waals surface area contributed by atoms with Gasteiger partial charge in [-0.1, -0.05) is 107 Å². The molecule has 0 unspecified atom stereocenters. The van der Waals surface area contributed by atoms with Crippen molar-refractivity contribution in [2.45, 2.75) is 75.5 Å². The van der Waals surface area contributed by atoms with E-state index in [1.54, 1.807) is 10.6 Å². The van der Waals surface area contributed by atoms with Gasteiger partial charge in [0.2, 0.25) is 0 Å². The van der Waals surface area contributed by atoms with Gasteiger partial charge in [-0.05, 0) is 61.4 Å². The predicted octanol–water partition coefficient (Wildman–Crippen LogP) is 7.22. The molecule has 0 nitrogen and oxygen atoms in total. The minimum Gasteiger partial charge on any atom is -0.0953 e. The second-order valence-electron chi connectivity index (χ2n) is 8.34. The van der Waals surface area contributed by atoms with E-state index in [1.807, 2.05) is 0 Å². The molecule has 0 aromatic heterocycles. The summed E-state index contributed by atoms with van der Waals surface area (Å²) in [5.74, 6) is 1.48. The highest BCUT2D eigenvalue weighted by Crippen LogP contribution is 2.61. The zero-order chi connectivity index (χ0) is 18.3. The van der Waals surface area contributed by atoms with E-state index in [2.05, 4.69) is 60.7 Å². The van der Waals surface area contributed by atoms with Gasteiger partial charge in [0.15, 0.2) is 0 Å². The van der Waals surface area contributed by atoms with Crippen LogP contribution >= 0.6 is 15.8 Å². The molecule has 27 heavy (non-hydrogen) atoms. The summed E-state index contributed by atoms with van der Waals surface area (Å²) < 4.78 is 0. The Morgan fingerprint density at radius 2 is 0.963 bits per heavy atom. The van der Waals surface area contributed by atoms with Crippen LogP contribution in [0.2, 0.25) is 0 Å². The molecular weight excluding hydrogens is 362 g/mol. The Morgan fingerprint density at radius 1 is 0.556 bits per heavy atom. The predicted molar refractivity (Wildman–Crippen MR) is 125 cm³/mol. The molecule has 0 radical (unpaired) electrons. The maximum absolute atomic E-state index is 2.40. The van der Waals surface area contributed by atoms with E-state index in [1.165, 1.54) is 70.1 Å². The van der Waals surface area contributed by atoms with E-state index in [9.17, 15) is 0 Å². The molecule has 2 saturated carbocycles. The van der Waals surface area contributed by atoms with E-state index >= 15 is 0 Å². The lowest BCUT2D eigenvalue weighted by molar-refractivity contribution is 0.485. The fourth-order valence-electron chi connectivity index (χ4n) is 5.05. The Labute approximate surface area is 168 Å². The van der Waals surface area contributed by atoms with Crippen molar-refractivity contribution in [1.29, 1.82) is 0 Å². The van der Waals surface area contributed by atoms with Gasteiger partial charge < -0.3 is 0 Å². The van der Waals surface area contributed by atoms with E-state index in [0.717, 1.165) is 11.3 Å². The van der Waals surface area contributed by atoms with Crippen LogP contribution in [0.4, 0.5) is 0 Å². The quantitative estimate of drug-likeness (QED) is 0.452. The SMILES string of the molecule is c1ccc(P(CP(C2CCCCC2)C2CCCCC2)c2ccccc2)cc1. The highest BCUT2D eigenvalue weighted by atomic mass is 31.2. The molecule has 2 aliphatic carbocycles. The van der Waals surface area contributed by atoms with Gasteiger partial charge in [0, 0.05) is 0 Å². The molecule has 2 heteroatoms. The van der Waals surface area contributed by atoms with Crippen molar-refractivity contribution in [2.24, 2.45) is 0 Å². The van der Waals surface area contributed by atoms with E-state index < -0.39 is 0 Å². The lowest BCUT2D eigenvalue weighted by Crippen LogP contribution is -2.24. The molecule has 0 atom stereocenters. The van der Waals surface area contributed by atoms with Gasteiger partial charge in [-0.2, -0.15) is 0 Å². The van der Waals surface area contributed by atoms with Gasteiger partial charge in [-0.15, -0.1) is 0 Å². The van der Waals surface area contributed by atoms with Crippen molar-refractivity contribution in [2.75, 3.05) is 5.90 Å². The van der Waals surface area contributed by atoms with Crippen molar-refractivity contribution in [3.8, 4) is 0 Å². The van der Waals surface area contributed by atoms with Crippen molar-refractivity contribution in [3.63, 3.8) is 0 Å². The van der Waals surface area contributed by atoms with Crippen LogP contribution in [0.5, 0.6) is 0 Å². The van der Waals surface area contributed by atoms with Crippen molar-refractivity contribution >= 4 is 26.5 Å². The Kier molecular flexibility index (Phi) is 7.40. The first-order valence-electron chi connectivity index (χ1n) is 11.1. The first-order valence-corrected chi connectivity index (χ1v) is 14.2. The van der Waals surface area contributed by atoms with Gasteiger partial charge >= 0.3 is 0 Å².